The molecule has 3 rings (SSSR count). The topological polar surface area (TPSA) is 21.3 Å². The van der Waals surface area contributed by atoms with Crippen molar-refractivity contribution in [2.45, 2.75) is 13.0 Å². The van der Waals surface area contributed by atoms with E-state index >= 15 is 0 Å². The van der Waals surface area contributed by atoms with Gasteiger partial charge < -0.3 is 10.1 Å². The third-order valence-corrected chi connectivity index (χ3v) is 3.16. The van der Waals surface area contributed by atoms with Crippen LogP contribution in [0.1, 0.15) is 17.2 Å². The van der Waals surface area contributed by atoms with Gasteiger partial charge in [0, 0.05) is 6.07 Å². The Labute approximate surface area is 110 Å². The molecule has 0 fully saturated rings. The lowest BCUT2D eigenvalue weighted by Gasteiger charge is -2.28. The summed E-state index contributed by atoms with van der Waals surface area (Å²) in [5.74, 6) is -0.383. The molecule has 0 saturated heterocycles. The number of hydrogen-bond acceptors (Lipinski definition) is 2. The Balaban J connectivity index is 1.91. The molecule has 0 aromatic heterocycles. The molecule has 2 aromatic rings. The van der Waals surface area contributed by atoms with E-state index in [4.69, 9.17) is 4.74 Å². The van der Waals surface area contributed by atoms with Gasteiger partial charge in [0.1, 0.15) is 24.0 Å². The van der Waals surface area contributed by atoms with Gasteiger partial charge in [-0.05, 0) is 42.3 Å². The Bertz CT molecular complexity index is 607. The molecule has 4 heteroatoms. The van der Waals surface area contributed by atoms with E-state index in [9.17, 15) is 8.78 Å². The number of rotatable bonds is 1. The maximum absolute atomic E-state index is 13.2. The molecule has 0 bridgehead atoms. The van der Waals surface area contributed by atoms with Crippen molar-refractivity contribution in [3.8, 4) is 5.75 Å². The lowest BCUT2D eigenvalue weighted by molar-refractivity contribution is 0.286. The molecule has 0 saturated carbocycles. The largest absolute Gasteiger partial charge is 0.489 e. The van der Waals surface area contributed by atoms with Gasteiger partial charge in [0.2, 0.25) is 0 Å². The molecule has 1 aliphatic rings. The Morgan fingerprint density at radius 3 is 2.58 bits per heavy atom. The van der Waals surface area contributed by atoms with Gasteiger partial charge in [-0.2, -0.15) is 0 Å². The van der Waals surface area contributed by atoms with E-state index in [0.29, 0.717) is 12.2 Å². The van der Waals surface area contributed by atoms with Crippen LogP contribution in [0, 0.1) is 18.6 Å². The first-order chi connectivity index (χ1) is 9.11. The van der Waals surface area contributed by atoms with Crippen molar-refractivity contribution in [2.75, 3.05) is 11.9 Å². The van der Waals surface area contributed by atoms with Gasteiger partial charge in [0.15, 0.2) is 0 Å². The molecule has 0 unspecified atom stereocenters. The van der Waals surface area contributed by atoms with Crippen LogP contribution in [0.5, 0.6) is 5.75 Å². The van der Waals surface area contributed by atoms with E-state index in [0.717, 1.165) is 23.1 Å². The van der Waals surface area contributed by atoms with Gasteiger partial charge in [-0.3, -0.25) is 0 Å². The number of ether oxygens (including phenoxy) is 1. The van der Waals surface area contributed by atoms with E-state index < -0.39 is 11.6 Å². The molecule has 19 heavy (non-hydrogen) atoms. The molecule has 2 nitrogen and oxygen atoms in total. The molecule has 1 heterocycles. The fourth-order valence-electron chi connectivity index (χ4n) is 2.23. The summed E-state index contributed by atoms with van der Waals surface area (Å²) in [6, 6.07) is 9.07. The first kappa shape index (κ1) is 12.0. The van der Waals surface area contributed by atoms with Gasteiger partial charge in [-0.1, -0.05) is 6.07 Å². The standard InChI is InChI=1S/C15H13F2NO/c1-9-2-3-13-15(4-9)19-8-14(18-13)10-5-11(16)7-12(17)6-10/h2-7,14,18H,8H2,1H3/t14-/m0/s1. The summed E-state index contributed by atoms with van der Waals surface area (Å²) in [4.78, 5) is 0. The number of halogens is 2. The Hall–Kier alpha value is -2.10. The number of hydrogen-bond donors (Lipinski definition) is 1. The highest BCUT2D eigenvalue weighted by Crippen LogP contribution is 2.34. The Morgan fingerprint density at radius 2 is 1.84 bits per heavy atom. The summed E-state index contributed by atoms with van der Waals surface area (Å²) in [6.45, 7) is 2.33. The van der Waals surface area contributed by atoms with Crippen LogP contribution in [0.25, 0.3) is 0 Å². The molecule has 1 N–H and O–H groups in total. The average molecular weight is 261 g/mol. The monoisotopic (exact) mass is 261 g/mol. The highest BCUT2D eigenvalue weighted by molar-refractivity contribution is 5.60. The van der Waals surface area contributed by atoms with Crippen molar-refractivity contribution in [3.63, 3.8) is 0 Å². The van der Waals surface area contributed by atoms with Crippen LogP contribution in [0.2, 0.25) is 0 Å². The zero-order valence-corrected chi connectivity index (χ0v) is 10.4. The van der Waals surface area contributed by atoms with Gasteiger partial charge >= 0.3 is 0 Å². The molecule has 0 aliphatic carbocycles. The highest BCUT2D eigenvalue weighted by atomic mass is 19.1. The molecule has 0 spiro atoms. The number of anilines is 1. The van der Waals surface area contributed by atoms with Crippen molar-refractivity contribution < 1.29 is 13.5 Å². The van der Waals surface area contributed by atoms with Gasteiger partial charge in [0.05, 0.1) is 11.7 Å². The summed E-state index contributed by atoms with van der Waals surface area (Å²) in [5.41, 5.74) is 2.49. The van der Waals surface area contributed by atoms with Crippen LogP contribution in [-0.2, 0) is 0 Å². The molecule has 1 aliphatic heterocycles. The minimum atomic E-state index is -0.577. The van der Waals surface area contributed by atoms with Crippen molar-refractivity contribution in [3.05, 3.63) is 59.2 Å². The summed E-state index contributed by atoms with van der Waals surface area (Å²) < 4.78 is 32.1. The molecule has 2 aromatic carbocycles. The first-order valence-electron chi connectivity index (χ1n) is 6.08. The van der Waals surface area contributed by atoms with Crippen LogP contribution in [0.4, 0.5) is 14.5 Å². The normalized spacial score (nSPS) is 17.3. The predicted molar refractivity (Wildman–Crippen MR) is 69.4 cm³/mol. The van der Waals surface area contributed by atoms with Gasteiger partial charge in [0.25, 0.3) is 0 Å². The van der Waals surface area contributed by atoms with Crippen LogP contribution in [-0.4, -0.2) is 6.61 Å². The minimum Gasteiger partial charge on any atom is -0.489 e. The van der Waals surface area contributed by atoms with Gasteiger partial charge in [-0.25, -0.2) is 8.78 Å². The highest BCUT2D eigenvalue weighted by Gasteiger charge is 2.21. The molecule has 1 atom stereocenters. The number of benzene rings is 2. The van der Waals surface area contributed by atoms with Crippen LogP contribution in [0.3, 0.4) is 0 Å². The predicted octanol–water partition coefficient (Wildman–Crippen LogP) is 3.82. The van der Waals surface area contributed by atoms with Crippen molar-refractivity contribution in [2.24, 2.45) is 0 Å². The quantitative estimate of drug-likeness (QED) is 0.842. The fourth-order valence-corrected chi connectivity index (χ4v) is 2.23. The molecular weight excluding hydrogens is 248 g/mol. The summed E-state index contributed by atoms with van der Waals surface area (Å²) in [5, 5.41) is 3.24. The lowest BCUT2D eigenvalue weighted by Crippen LogP contribution is -2.24. The first-order valence-corrected chi connectivity index (χ1v) is 6.08. The van der Waals surface area contributed by atoms with Crippen molar-refractivity contribution >= 4 is 5.69 Å². The number of fused-ring (bicyclic) bond motifs is 1. The Kier molecular flexibility index (Phi) is 2.85. The maximum Gasteiger partial charge on any atom is 0.142 e. The van der Waals surface area contributed by atoms with Gasteiger partial charge in [-0.15, -0.1) is 0 Å². The average Bonchev–Trinajstić information content (AvgIpc) is 2.37. The van der Waals surface area contributed by atoms with E-state index in [1.807, 2.05) is 25.1 Å². The van der Waals surface area contributed by atoms with Crippen LogP contribution in [0.15, 0.2) is 36.4 Å². The zero-order chi connectivity index (χ0) is 13.4. The zero-order valence-electron chi connectivity index (χ0n) is 10.4. The fraction of sp³-hybridized carbons (Fsp3) is 0.200. The Morgan fingerprint density at radius 1 is 1.11 bits per heavy atom. The van der Waals surface area contributed by atoms with E-state index in [1.54, 1.807) is 0 Å². The van der Waals surface area contributed by atoms with Crippen LogP contribution < -0.4 is 10.1 Å². The smallest absolute Gasteiger partial charge is 0.142 e. The molecule has 0 radical (unpaired) electrons. The summed E-state index contributed by atoms with van der Waals surface area (Å²) in [7, 11) is 0. The van der Waals surface area contributed by atoms with Crippen LogP contribution >= 0.6 is 0 Å². The second-order valence-electron chi connectivity index (χ2n) is 4.71. The number of nitrogens with one attached hydrogen (secondary N) is 1. The minimum absolute atomic E-state index is 0.250. The second kappa shape index (κ2) is 4.53. The maximum atomic E-state index is 13.2. The number of aryl methyl sites for hydroxylation is 1. The van der Waals surface area contributed by atoms with Crippen molar-refractivity contribution in [1.82, 2.24) is 0 Å². The summed E-state index contributed by atoms with van der Waals surface area (Å²) in [6.07, 6.45) is 0. The second-order valence-corrected chi connectivity index (χ2v) is 4.71. The van der Waals surface area contributed by atoms with E-state index in [2.05, 4.69) is 5.32 Å². The third-order valence-electron chi connectivity index (χ3n) is 3.16. The van der Waals surface area contributed by atoms with Crippen molar-refractivity contribution in [1.29, 1.82) is 0 Å². The third kappa shape index (κ3) is 2.38. The van der Waals surface area contributed by atoms with E-state index in [-0.39, 0.29) is 6.04 Å². The molecule has 98 valence electrons. The lowest BCUT2D eigenvalue weighted by atomic mass is 10.0. The molecule has 0 amide bonds. The summed E-state index contributed by atoms with van der Waals surface area (Å²) >= 11 is 0. The molecular formula is C15H13F2NO. The van der Waals surface area contributed by atoms with E-state index in [1.165, 1.54) is 12.1 Å². The SMILES string of the molecule is Cc1ccc2c(c1)OC[C@@H](c1cc(F)cc(F)c1)N2.